The largest absolute Gasteiger partial charge is 0.0616 e. The lowest BCUT2D eigenvalue weighted by Gasteiger charge is -2.23. The number of fused-ring (bicyclic) bond motifs is 11. The number of hydrogen-bond donors (Lipinski definition) is 0. The van der Waals surface area contributed by atoms with Gasteiger partial charge in [-0.1, -0.05) is 147 Å². The molecular formula is C47H32. The molecule has 0 fully saturated rings. The molecule has 0 aromatic heterocycles. The second-order valence-corrected chi connectivity index (χ2v) is 13.7. The first-order chi connectivity index (χ1) is 23.1. The molecule has 47 heavy (non-hydrogen) atoms. The van der Waals surface area contributed by atoms with Crippen LogP contribution in [0.2, 0.25) is 0 Å². The van der Waals surface area contributed by atoms with Crippen LogP contribution >= 0.6 is 0 Å². The zero-order valence-corrected chi connectivity index (χ0v) is 26.5. The fourth-order valence-electron chi connectivity index (χ4n) is 8.48. The number of rotatable bonds is 2. The Balaban J connectivity index is 1.14. The van der Waals surface area contributed by atoms with Crippen molar-refractivity contribution >= 4 is 53.9 Å². The maximum atomic E-state index is 2.47. The lowest BCUT2D eigenvalue weighted by atomic mass is 9.80. The van der Waals surface area contributed by atoms with Crippen LogP contribution in [-0.4, -0.2) is 0 Å². The van der Waals surface area contributed by atoms with Crippen molar-refractivity contribution in [3.63, 3.8) is 0 Å². The summed E-state index contributed by atoms with van der Waals surface area (Å²) in [4.78, 5) is 0. The van der Waals surface area contributed by atoms with Gasteiger partial charge in [-0.25, -0.2) is 0 Å². The van der Waals surface area contributed by atoms with E-state index >= 15 is 0 Å². The smallest absolute Gasteiger partial charge is 0.0159 e. The summed E-state index contributed by atoms with van der Waals surface area (Å²) in [5.74, 6) is 0. The average Bonchev–Trinajstić information content (AvgIpc) is 3.35. The van der Waals surface area contributed by atoms with Crippen LogP contribution in [0.1, 0.15) is 25.0 Å². The van der Waals surface area contributed by atoms with Crippen molar-refractivity contribution in [1.82, 2.24) is 0 Å². The van der Waals surface area contributed by atoms with E-state index in [9.17, 15) is 0 Å². The minimum atomic E-state index is -0.133. The van der Waals surface area contributed by atoms with Crippen LogP contribution in [-0.2, 0) is 5.41 Å². The molecule has 0 amide bonds. The van der Waals surface area contributed by atoms with Gasteiger partial charge in [0.05, 0.1) is 0 Å². The van der Waals surface area contributed by atoms with Crippen molar-refractivity contribution in [1.29, 1.82) is 0 Å². The second-order valence-electron chi connectivity index (χ2n) is 13.7. The van der Waals surface area contributed by atoms with Crippen LogP contribution in [0.4, 0.5) is 0 Å². The van der Waals surface area contributed by atoms with Gasteiger partial charge in [0.1, 0.15) is 0 Å². The van der Waals surface area contributed by atoms with E-state index in [-0.39, 0.29) is 5.41 Å². The van der Waals surface area contributed by atoms with E-state index in [4.69, 9.17) is 0 Å². The van der Waals surface area contributed by atoms with Gasteiger partial charge in [0.2, 0.25) is 0 Å². The van der Waals surface area contributed by atoms with Crippen molar-refractivity contribution in [2.24, 2.45) is 0 Å². The third-order valence-electron chi connectivity index (χ3n) is 10.8. The standard InChI is InChI=1S/C47H32/c1-47(2)44-27-31(42-25-30-12-4-5-13-34(30)36-15-7-8-16-37(36)42)21-23-39(44)40-24-22-32(28-45(40)47)43-26-33-20-19-29-11-3-6-14-35(29)46(33)41-18-10-9-17-38(41)43/h3-28H,1-2H3. The molecule has 0 bridgehead atoms. The maximum absolute atomic E-state index is 2.47. The van der Waals surface area contributed by atoms with E-state index in [1.54, 1.807) is 0 Å². The Hall–Kier alpha value is -5.72. The Bertz CT molecular complexity index is 2760. The topological polar surface area (TPSA) is 0 Å². The normalized spacial score (nSPS) is 13.5. The van der Waals surface area contributed by atoms with Crippen molar-refractivity contribution < 1.29 is 0 Å². The van der Waals surface area contributed by atoms with Gasteiger partial charge >= 0.3 is 0 Å². The van der Waals surface area contributed by atoms with Crippen molar-refractivity contribution in [2.75, 3.05) is 0 Å². The molecular weight excluding hydrogens is 565 g/mol. The zero-order valence-electron chi connectivity index (χ0n) is 26.5. The molecule has 0 nitrogen and oxygen atoms in total. The molecule has 0 saturated heterocycles. The van der Waals surface area contributed by atoms with Gasteiger partial charge in [-0.15, -0.1) is 0 Å². The first-order valence-electron chi connectivity index (χ1n) is 16.6. The molecule has 0 aliphatic heterocycles. The van der Waals surface area contributed by atoms with Gasteiger partial charge in [0.25, 0.3) is 0 Å². The quantitative estimate of drug-likeness (QED) is 0.174. The average molecular weight is 597 g/mol. The second kappa shape index (κ2) is 9.64. The summed E-state index contributed by atoms with van der Waals surface area (Å²) in [6, 6.07) is 58.9. The molecule has 1 aliphatic rings. The summed E-state index contributed by atoms with van der Waals surface area (Å²) in [6.45, 7) is 4.79. The molecule has 0 atom stereocenters. The number of hydrogen-bond acceptors (Lipinski definition) is 0. The first kappa shape index (κ1) is 26.5. The van der Waals surface area contributed by atoms with Crippen LogP contribution in [0.15, 0.2) is 158 Å². The van der Waals surface area contributed by atoms with Gasteiger partial charge in [-0.2, -0.15) is 0 Å². The van der Waals surface area contributed by atoms with E-state index in [2.05, 4.69) is 172 Å². The molecule has 9 aromatic rings. The van der Waals surface area contributed by atoms with Gasteiger partial charge in [0, 0.05) is 5.41 Å². The van der Waals surface area contributed by atoms with Crippen LogP contribution in [0.5, 0.6) is 0 Å². The van der Waals surface area contributed by atoms with Gasteiger partial charge in [-0.05, 0) is 123 Å². The van der Waals surface area contributed by atoms with Crippen LogP contribution < -0.4 is 0 Å². The zero-order chi connectivity index (χ0) is 31.3. The third-order valence-corrected chi connectivity index (χ3v) is 10.8. The fraction of sp³-hybridized carbons (Fsp3) is 0.0638. The van der Waals surface area contributed by atoms with E-state index in [1.165, 1.54) is 98.4 Å². The predicted molar refractivity (Wildman–Crippen MR) is 202 cm³/mol. The van der Waals surface area contributed by atoms with Crippen molar-refractivity contribution in [2.45, 2.75) is 19.3 Å². The number of benzene rings is 9. The summed E-state index contributed by atoms with van der Waals surface area (Å²) in [5.41, 5.74) is 10.5. The predicted octanol–water partition coefficient (Wildman–Crippen LogP) is 13.1. The Labute approximate surface area is 274 Å². The minimum absolute atomic E-state index is 0.133. The molecule has 1 aliphatic carbocycles. The van der Waals surface area contributed by atoms with Crippen molar-refractivity contribution in [3.8, 4) is 33.4 Å². The van der Waals surface area contributed by atoms with E-state index in [1.807, 2.05) is 0 Å². The van der Waals surface area contributed by atoms with Crippen LogP contribution in [0, 0.1) is 0 Å². The van der Waals surface area contributed by atoms with Gasteiger partial charge in [-0.3, -0.25) is 0 Å². The Morgan fingerprint density at radius 1 is 0.319 bits per heavy atom. The van der Waals surface area contributed by atoms with Crippen molar-refractivity contribution in [3.05, 3.63) is 169 Å². The molecule has 0 heterocycles. The van der Waals surface area contributed by atoms with E-state index in [0.717, 1.165) is 0 Å². The summed E-state index contributed by atoms with van der Waals surface area (Å²) >= 11 is 0. The molecule has 9 aromatic carbocycles. The summed E-state index contributed by atoms with van der Waals surface area (Å²) in [5, 5.41) is 13.0. The summed E-state index contributed by atoms with van der Waals surface area (Å²) in [6.07, 6.45) is 0. The highest BCUT2D eigenvalue weighted by atomic mass is 14.4. The maximum Gasteiger partial charge on any atom is 0.0159 e. The molecule has 0 N–H and O–H groups in total. The van der Waals surface area contributed by atoms with Crippen LogP contribution in [0.25, 0.3) is 87.2 Å². The lowest BCUT2D eigenvalue weighted by Crippen LogP contribution is -2.15. The lowest BCUT2D eigenvalue weighted by molar-refractivity contribution is 0.661. The fourth-order valence-corrected chi connectivity index (χ4v) is 8.48. The van der Waals surface area contributed by atoms with Gasteiger partial charge in [0.15, 0.2) is 0 Å². The Morgan fingerprint density at radius 3 is 1.45 bits per heavy atom. The van der Waals surface area contributed by atoms with Gasteiger partial charge < -0.3 is 0 Å². The summed E-state index contributed by atoms with van der Waals surface area (Å²) in [7, 11) is 0. The SMILES string of the molecule is CC1(C)c2cc(-c3cc4ccccc4c4ccccc34)ccc2-c2ccc(-c3cc4ccc5ccccc5c4c4ccccc34)cc21. The Kier molecular flexibility index (Phi) is 5.44. The molecule has 0 heteroatoms. The highest BCUT2D eigenvalue weighted by Crippen LogP contribution is 2.51. The first-order valence-corrected chi connectivity index (χ1v) is 16.6. The third kappa shape index (κ3) is 3.76. The highest BCUT2D eigenvalue weighted by Gasteiger charge is 2.36. The molecule has 0 saturated carbocycles. The van der Waals surface area contributed by atoms with E-state index in [0.29, 0.717) is 0 Å². The molecule has 0 spiro atoms. The summed E-state index contributed by atoms with van der Waals surface area (Å²) < 4.78 is 0. The molecule has 220 valence electrons. The molecule has 0 unspecified atom stereocenters. The minimum Gasteiger partial charge on any atom is -0.0616 e. The van der Waals surface area contributed by atoms with Crippen LogP contribution in [0.3, 0.4) is 0 Å². The highest BCUT2D eigenvalue weighted by molar-refractivity contribution is 6.23. The molecule has 0 radical (unpaired) electrons. The van der Waals surface area contributed by atoms with E-state index < -0.39 is 0 Å². The molecule has 10 rings (SSSR count). The Morgan fingerprint density at radius 2 is 0.787 bits per heavy atom. The monoisotopic (exact) mass is 596 g/mol.